The molecule has 0 aliphatic heterocycles. The molecule has 3 rings (SSSR count). The summed E-state index contributed by atoms with van der Waals surface area (Å²) in [6.07, 6.45) is 3.98. The van der Waals surface area contributed by atoms with E-state index in [1.165, 1.54) is 11.3 Å². The van der Waals surface area contributed by atoms with E-state index in [-0.39, 0.29) is 0 Å². The highest BCUT2D eigenvalue weighted by atomic mass is 35.5. The molecule has 0 aliphatic carbocycles. The number of thiophene rings is 1. The zero-order valence-electron chi connectivity index (χ0n) is 16.3. The Kier molecular flexibility index (Phi) is 7.89. The third kappa shape index (κ3) is 4.95. The molecule has 6 heteroatoms. The number of fused-ring (bicyclic) bond motifs is 3. The predicted molar refractivity (Wildman–Crippen MR) is 126 cm³/mol. The van der Waals surface area contributed by atoms with Gasteiger partial charge in [-0.05, 0) is 55.6 Å². The van der Waals surface area contributed by atoms with Crippen LogP contribution in [0.3, 0.4) is 0 Å². The van der Waals surface area contributed by atoms with E-state index in [0.29, 0.717) is 20.9 Å². The second-order valence-corrected chi connectivity index (χ2v) is 9.79. The van der Waals surface area contributed by atoms with Crippen molar-refractivity contribution in [3.05, 3.63) is 44.2 Å². The minimum Gasteiger partial charge on any atom is -0.387 e. The van der Waals surface area contributed by atoms with Gasteiger partial charge in [0, 0.05) is 37.6 Å². The number of nitrogens with zero attached hydrogens (tertiary/aromatic N) is 1. The summed E-state index contributed by atoms with van der Waals surface area (Å²) in [6, 6.07) is 7.61. The van der Waals surface area contributed by atoms with Crippen molar-refractivity contribution in [1.82, 2.24) is 4.90 Å². The first kappa shape index (κ1) is 22.1. The molecule has 0 saturated carbocycles. The van der Waals surface area contributed by atoms with E-state index < -0.39 is 6.10 Å². The first-order valence-electron chi connectivity index (χ1n) is 9.85. The van der Waals surface area contributed by atoms with E-state index in [4.69, 9.17) is 34.8 Å². The Morgan fingerprint density at radius 2 is 1.61 bits per heavy atom. The van der Waals surface area contributed by atoms with E-state index in [0.717, 1.165) is 65.2 Å². The topological polar surface area (TPSA) is 23.5 Å². The molecule has 28 heavy (non-hydrogen) atoms. The highest BCUT2D eigenvalue weighted by Crippen LogP contribution is 2.42. The quantitative estimate of drug-likeness (QED) is 0.351. The minimum atomic E-state index is -0.595. The van der Waals surface area contributed by atoms with Crippen molar-refractivity contribution in [3.63, 3.8) is 0 Å². The summed E-state index contributed by atoms with van der Waals surface area (Å²) < 4.78 is 1.70. The normalized spacial score (nSPS) is 13.1. The third-order valence-corrected chi connectivity index (χ3v) is 6.94. The van der Waals surface area contributed by atoms with Crippen LogP contribution < -0.4 is 0 Å². The molecule has 1 unspecified atom stereocenters. The zero-order valence-corrected chi connectivity index (χ0v) is 19.4. The van der Waals surface area contributed by atoms with E-state index in [1.54, 1.807) is 6.07 Å². The number of aliphatic hydroxyl groups is 1. The highest BCUT2D eigenvalue weighted by Gasteiger charge is 2.20. The summed E-state index contributed by atoms with van der Waals surface area (Å²) in [5.74, 6) is 0. The SMILES string of the molecule is CCCCN(CCCC)CC(O)c1cc2c(Cl)cc(Cl)cc2c2cc(Cl)sc12. The van der Waals surface area contributed by atoms with Crippen LogP contribution >= 0.6 is 46.1 Å². The Balaban J connectivity index is 2.02. The van der Waals surface area contributed by atoms with Gasteiger partial charge in [0.25, 0.3) is 0 Å². The van der Waals surface area contributed by atoms with Gasteiger partial charge in [0.1, 0.15) is 0 Å². The summed E-state index contributed by atoms with van der Waals surface area (Å²) in [5, 5.41) is 15.2. The van der Waals surface area contributed by atoms with Gasteiger partial charge in [-0.2, -0.15) is 0 Å². The Hall–Kier alpha value is -0.550. The molecule has 1 aromatic heterocycles. The number of benzene rings is 2. The van der Waals surface area contributed by atoms with Crippen LogP contribution in [0.5, 0.6) is 0 Å². The monoisotopic (exact) mass is 457 g/mol. The van der Waals surface area contributed by atoms with Gasteiger partial charge in [-0.25, -0.2) is 0 Å². The van der Waals surface area contributed by atoms with Crippen LogP contribution in [0.2, 0.25) is 14.4 Å². The van der Waals surface area contributed by atoms with E-state index >= 15 is 0 Å². The maximum atomic E-state index is 11.2. The van der Waals surface area contributed by atoms with Gasteiger partial charge in [-0.15, -0.1) is 11.3 Å². The van der Waals surface area contributed by atoms with Gasteiger partial charge in [-0.1, -0.05) is 61.5 Å². The molecule has 0 fully saturated rings. The third-order valence-electron chi connectivity index (χ3n) is 5.09. The molecular formula is C22H26Cl3NOS. The van der Waals surface area contributed by atoms with Gasteiger partial charge in [0.2, 0.25) is 0 Å². The molecule has 0 amide bonds. The fourth-order valence-electron chi connectivity index (χ4n) is 3.60. The second-order valence-electron chi connectivity index (χ2n) is 7.27. The highest BCUT2D eigenvalue weighted by molar-refractivity contribution is 7.23. The van der Waals surface area contributed by atoms with Gasteiger partial charge in [0.05, 0.1) is 10.4 Å². The van der Waals surface area contributed by atoms with Gasteiger partial charge < -0.3 is 10.0 Å². The molecule has 0 saturated heterocycles. The Bertz CT molecular complexity index is 948. The lowest BCUT2D eigenvalue weighted by atomic mass is 9.99. The summed E-state index contributed by atoms with van der Waals surface area (Å²) in [7, 11) is 0. The fourth-order valence-corrected chi connectivity index (χ4v) is 5.45. The van der Waals surface area contributed by atoms with Crippen LogP contribution in [-0.2, 0) is 0 Å². The molecule has 2 aromatic carbocycles. The lowest BCUT2D eigenvalue weighted by Gasteiger charge is -2.25. The number of hydrogen-bond acceptors (Lipinski definition) is 3. The van der Waals surface area contributed by atoms with Crippen molar-refractivity contribution in [2.24, 2.45) is 0 Å². The molecule has 2 nitrogen and oxygen atoms in total. The predicted octanol–water partition coefficient (Wildman–Crippen LogP) is 7.95. The maximum Gasteiger partial charge on any atom is 0.0941 e. The van der Waals surface area contributed by atoms with Crippen LogP contribution in [0, 0.1) is 0 Å². The van der Waals surface area contributed by atoms with E-state index in [9.17, 15) is 5.11 Å². The summed E-state index contributed by atoms with van der Waals surface area (Å²) >= 11 is 20.6. The molecule has 0 radical (unpaired) electrons. The Morgan fingerprint density at radius 3 is 2.25 bits per heavy atom. The minimum absolute atomic E-state index is 0.592. The smallest absolute Gasteiger partial charge is 0.0941 e. The average molecular weight is 459 g/mol. The molecule has 1 N–H and O–H groups in total. The van der Waals surface area contributed by atoms with Crippen molar-refractivity contribution in [3.8, 4) is 0 Å². The van der Waals surface area contributed by atoms with Crippen LogP contribution in [0.1, 0.15) is 51.2 Å². The van der Waals surface area contributed by atoms with Crippen molar-refractivity contribution >= 4 is 67.0 Å². The molecular weight excluding hydrogens is 433 g/mol. The number of aliphatic hydroxyl groups excluding tert-OH is 1. The van der Waals surface area contributed by atoms with E-state index in [1.807, 2.05) is 18.2 Å². The molecule has 1 heterocycles. The van der Waals surface area contributed by atoms with Crippen molar-refractivity contribution < 1.29 is 5.11 Å². The Morgan fingerprint density at radius 1 is 0.929 bits per heavy atom. The molecule has 3 aromatic rings. The average Bonchev–Trinajstić information content (AvgIpc) is 3.04. The summed E-state index contributed by atoms with van der Waals surface area (Å²) in [5.41, 5.74) is 0.890. The first-order valence-corrected chi connectivity index (χ1v) is 11.8. The number of hydrogen-bond donors (Lipinski definition) is 1. The van der Waals surface area contributed by atoms with Gasteiger partial charge >= 0.3 is 0 Å². The first-order chi connectivity index (χ1) is 13.4. The maximum absolute atomic E-state index is 11.2. The molecule has 152 valence electrons. The van der Waals surface area contributed by atoms with Crippen molar-refractivity contribution in [2.45, 2.75) is 45.6 Å². The summed E-state index contributed by atoms with van der Waals surface area (Å²) in [6.45, 7) is 7.02. The largest absolute Gasteiger partial charge is 0.387 e. The fraction of sp³-hybridized carbons (Fsp3) is 0.455. The Labute approximate surface area is 186 Å². The zero-order chi connectivity index (χ0) is 20.3. The van der Waals surface area contributed by atoms with E-state index in [2.05, 4.69) is 18.7 Å². The van der Waals surface area contributed by atoms with Crippen LogP contribution in [-0.4, -0.2) is 29.6 Å². The lowest BCUT2D eigenvalue weighted by Crippen LogP contribution is -2.30. The molecule has 1 atom stereocenters. The number of halogens is 3. The second kappa shape index (κ2) is 9.97. The van der Waals surface area contributed by atoms with Gasteiger partial charge in [-0.3, -0.25) is 0 Å². The number of rotatable bonds is 9. The van der Waals surface area contributed by atoms with Gasteiger partial charge in [0.15, 0.2) is 0 Å². The lowest BCUT2D eigenvalue weighted by molar-refractivity contribution is 0.112. The molecule has 0 spiro atoms. The molecule has 0 aliphatic rings. The standard InChI is InChI=1S/C22H26Cl3NOS/c1-3-5-7-26(8-6-4-2)13-20(27)18-11-16-15(9-14(23)10-19(16)24)17-12-21(25)28-22(17)18/h9-12,20,27H,3-8,13H2,1-2H3. The van der Waals surface area contributed by atoms with Crippen LogP contribution in [0.15, 0.2) is 24.3 Å². The van der Waals surface area contributed by atoms with Crippen LogP contribution in [0.25, 0.3) is 20.9 Å². The van der Waals surface area contributed by atoms with Crippen LogP contribution in [0.4, 0.5) is 0 Å². The number of unbranched alkanes of at least 4 members (excludes halogenated alkanes) is 2. The summed E-state index contributed by atoms with van der Waals surface area (Å²) in [4.78, 5) is 2.37. The van der Waals surface area contributed by atoms with Crippen molar-refractivity contribution in [2.75, 3.05) is 19.6 Å². The molecule has 0 bridgehead atoms. The van der Waals surface area contributed by atoms with Crippen molar-refractivity contribution in [1.29, 1.82) is 0 Å².